The smallest absolute Gasteiger partial charge is 0.388 e. The average molecular weight is 385 g/mol. The minimum absolute atomic E-state index is 0.0188. The molecule has 0 radical (unpaired) electrons. The van der Waals surface area contributed by atoms with Crippen LogP contribution in [0.15, 0.2) is 60.7 Å². The predicted molar refractivity (Wildman–Crippen MR) is 114 cm³/mol. The van der Waals surface area contributed by atoms with E-state index in [1.165, 1.54) is 19.3 Å². The zero-order chi connectivity index (χ0) is 19.5. The van der Waals surface area contributed by atoms with E-state index in [1.807, 2.05) is 43.3 Å². The molecule has 0 amide bonds. The molecule has 0 aliphatic carbocycles. The molecule has 146 valence electrons. The van der Waals surface area contributed by atoms with E-state index in [1.54, 1.807) is 6.92 Å². The molecular weight excluding hydrogens is 352 g/mol. The lowest BCUT2D eigenvalue weighted by Gasteiger charge is -2.33. The molecule has 1 atom stereocenters. The maximum atomic E-state index is 12.0. The van der Waals surface area contributed by atoms with Crippen molar-refractivity contribution in [1.29, 1.82) is 0 Å². The molecule has 2 aromatic rings. The van der Waals surface area contributed by atoms with Crippen LogP contribution in [0.2, 0.25) is 0 Å². The summed E-state index contributed by atoms with van der Waals surface area (Å²) >= 11 is 0. The van der Waals surface area contributed by atoms with Crippen LogP contribution >= 0.6 is 0 Å². The van der Waals surface area contributed by atoms with Crippen molar-refractivity contribution in [1.82, 2.24) is 0 Å². The molecular formula is C23H32O3Si. The SMILES string of the molecule is CCCCCCCO[Si](OC(C)C(C)=O)(c1ccccc1)c1ccccc1. The number of ketones is 1. The van der Waals surface area contributed by atoms with Gasteiger partial charge in [0.2, 0.25) is 0 Å². The lowest BCUT2D eigenvalue weighted by molar-refractivity contribution is -0.123. The summed E-state index contributed by atoms with van der Waals surface area (Å²) in [6, 6.07) is 20.2. The van der Waals surface area contributed by atoms with Crippen LogP contribution in [0.5, 0.6) is 0 Å². The monoisotopic (exact) mass is 384 g/mol. The lowest BCUT2D eigenvalue weighted by Crippen LogP contribution is -2.65. The predicted octanol–water partition coefficient (Wildman–Crippen LogP) is 4.22. The Morgan fingerprint density at radius 2 is 1.41 bits per heavy atom. The second kappa shape index (κ2) is 11.2. The summed E-state index contributed by atoms with van der Waals surface area (Å²) in [7, 11) is -2.96. The first-order valence-corrected chi connectivity index (χ1v) is 11.8. The van der Waals surface area contributed by atoms with E-state index in [2.05, 4.69) is 31.2 Å². The lowest BCUT2D eigenvalue weighted by atomic mass is 10.2. The van der Waals surface area contributed by atoms with Crippen LogP contribution in [0.1, 0.15) is 52.9 Å². The van der Waals surface area contributed by atoms with Crippen LogP contribution in [-0.2, 0) is 13.6 Å². The molecule has 0 spiro atoms. The maximum absolute atomic E-state index is 12.0. The largest absolute Gasteiger partial charge is 0.407 e. The molecule has 0 fully saturated rings. The van der Waals surface area contributed by atoms with E-state index < -0.39 is 14.7 Å². The Bertz CT molecular complexity index is 633. The molecule has 0 heterocycles. The van der Waals surface area contributed by atoms with Crippen molar-refractivity contribution >= 4 is 24.7 Å². The number of hydrogen-bond donors (Lipinski definition) is 0. The van der Waals surface area contributed by atoms with Gasteiger partial charge in [-0.2, -0.15) is 0 Å². The molecule has 4 heteroatoms. The summed E-state index contributed by atoms with van der Waals surface area (Å²) < 4.78 is 13.0. The molecule has 1 unspecified atom stereocenters. The molecule has 2 rings (SSSR count). The third-order valence-corrected chi connectivity index (χ3v) is 8.26. The summed E-state index contributed by atoms with van der Waals surface area (Å²) in [6.45, 7) is 6.26. The standard InChI is InChI=1S/C23H32O3Si/c1-4-5-6-7-14-19-25-27(26-21(3)20(2)24,22-15-10-8-11-16-22)23-17-12-9-13-18-23/h8-13,15-18,21H,4-7,14,19H2,1-3H3. The molecule has 0 aliphatic heterocycles. The Balaban J connectivity index is 2.32. The molecule has 0 aromatic heterocycles. The minimum Gasteiger partial charge on any atom is -0.388 e. The molecule has 0 aliphatic rings. The van der Waals surface area contributed by atoms with Gasteiger partial charge in [-0.1, -0.05) is 93.3 Å². The fourth-order valence-electron chi connectivity index (χ4n) is 3.07. The number of carbonyl (C=O) groups is 1. The first-order chi connectivity index (χ1) is 13.1. The third-order valence-electron chi connectivity index (χ3n) is 4.78. The normalized spacial score (nSPS) is 12.7. The van der Waals surface area contributed by atoms with Gasteiger partial charge in [0.15, 0.2) is 5.78 Å². The Morgan fingerprint density at radius 1 is 0.889 bits per heavy atom. The molecule has 3 nitrogen and oxygen atoms in total. The maximum Gasteiger partial charge on any atom is 0.407 e. The number of hydrogen-bond acceptors (Lipinski definition) is 3. The van der Waals surface area contributed by atoms with Crippen molar-refractivity contribution in [3.8, 4) is 0 Å². The van der Waals surface area contributed by atoms with Crippen molar-refractivity contribution in [2.75, 3.05) is 6.61 Å². The molecule has 0 saturated heterocycles. The van der Waals surface area contributed by atoms with Gasteiger partial charge in [-0.15, -0.1) is 0 Å². The van der Waals surface area contributed by atoms with Gasteiger partial charge in [0.05, 0.1) is 0 Å². The Kier molecular flexibility index (Phi) is 8.92. The van der Waals surface area contributed by atoms with Crippen LogP contribution in [0.3, 0.4) is 0 Å². The van der Waals surface area contributed by atoms with E-state index in [0.29, 0.717) is 6.61 Å². The van der Waals surface area contributed by atoms with Gasteiger partial charge in [0, 0.05) is 6.61 Å². The van der Waals surface area contributed by atoms with Crippen molar-refractivity contribution < 1.29 is 13.6 Å². The van der Waals surface area contributed by atoms with E-state index in [-0.39, 0.29) is 5.78 Å². The van der Waals surface area contributed by atoms with Crippen molar-refractivity contribution in [2.45, 2.75) is 59.0 Å². The minimum atomic E-state index is -2.96. The van der Waals surface area contributed by atoms with Crippen LogP contribution < -0.4 is 10.4 Å². The zero-order valence-corrected chi connectivity index (χ0v) is 17.8. The van der Waals surface area contributed by atoms with Crippen molar-refractivity contribution in [3.05, 3.63) is 60.7 Å². The highest BCUT2D eigenvalue weighted by Crippen LogP contribution is 2.15. The number of rotatable bonds is 12. The van der Waals surface area contributed by atoms with Crippen molar-refractivity contribution in [2.24, 2.45) is 0 Å². The Hall–Kier alpha value is -1.75. The third kappa shape index (κ3) is 6.13. The van der Waals surface area contributed by atoms with Crippen LogP contribution in [0, 0.1) is 0 Å². The van der Waals surface area contributed by atoms with E-state index in [4.69, 9.17) is 8.85 Å². The number of unbranched alkanes of at least 4 members (excludes halogenated alkanes) is 4. The Labute approximate surface area is 165 Å². The molecule has 2 aromatic carbocycles. The summed E-state index contributed by atoms with van der Waals surface area (Å²) in [4.78, 5) is 12.0. The van der Waals surface area contributed by atoms with Gasteiger partial charge in [-0.05, 0) is 30.6 Å². The molecule has 0 bridgehead atoms. The summed E-state index contributed by atoms with van der Waals surface area (Å²) in [5.41, 5.74) is 0. The Morgan fingerprint density at radius 3 is 1.89 bits per heavy atom. The summed E-state index contributed by atoms with van der Waals surface area (Å²) in [5.74, 6) is 0.0188. The van der Waals surface area contributed by atoms with Gasteiger partial charge in [-0.25, -0.2) is 0 Å². The van der Waals surface area contributed by atoms with Gasteiger partial charge < -0.3 is 8.85 Å². The molecule has 0 saturated carbocycles. The second-order valence-corrected chi connectivity index (χ2v) is 9.89. The fraction of sp³-hybridized carbons (Fsp3) is 0.435. The fourth-order valence-corrected chi connectivity index (χ4v) is 6.44. The van der Waals surface area contributed by atoms with Gasteiger partial charge in [0.1, 0.15) is 6.10 Å². The molecule has 27 heavy (non-hydrogen) atoms. The first-order valence-electron chi connectivity index (χ1n) is 10.0. The van der Waals surface area contributed by atoms with Gasteiger partial charge in [0.25, 0.3) is 0 Å². The van der Waals surface area contributed by atoms with E-state index in [9.17, 15) is 4.79 Å². The number of benzene rings is 2. The number of Topliss-reactive ketones (excluding diaryl/α,β-unsaturated/α-hetero) is 1. The highest BCUT2D eigenvalue weighted by Gasteiger charge is 2.44. The van der Waals surface area contributed by atoms with Crippen LogP contribution in [0.25, 0.3) is 0 Å². The van der Waals surface area contributed by atoms with Crippen LogP contribution in [-0.4, -0.2) is 27.1 Å². The van der Waals surface area contributed by atoms with Crippen LogP contribution in [0.4, 0.5) is 0 Å². The van der Waals surface area contributed by atoms with E-state index >= 15 is 0 Å². The average Bonchev–Trinajstić information content (AvgIpc) is 2.70. The quantitative estimate of drug-likeness (QED) is 0.406. The van der Waals surface area contributed by atoms with Gasteiger partial charge >= 0.3 is 8.56 Å². The highest BCUT2D eigenvalue weighted by molar-refractivity contribution is 6.92. The zero-order valence-electron chi connectivity index (χ0n) is 16.8. The first kappa shape index (κ1) is 21.5. The topological polar surface area (TPSA) is 35.5 Å². The summed E-state index contributed by atoms with van der Waals surface area (Å²) in [6.07, 6.45) is 5.38. The molecule has 0 N–H and O–H groups in total. The second-order valence-electron chi connectivity index (χ2n) is 6.98. The van der Waals surface area contributed by atoms with Gasteiger partial charge in [-0.3, -0.25) is 4.79 Å². The number of carbonyl (C=O) groups excluding carboxylic acids is 1. The highest BCUT2D eigenvalue weighted by atomic mass is 28.4. The van der Waals surface area contributed by atoms with Crippen molar-refractivity contribution in [3.63, 3.8) is 0 Å². The summed E-state index contributed by atoms with van der Waals surface area (Å²) in [5, 5.41) is 2.08. The van der Waals surface area contributed by atoms with E-state index in [0.717, 1.165) is 23.2 Å².